The minimum atomic E-state index is 0.576. The highest BCUT2D eigenvalue weighted by Crippen LogP contribution is 2.21. The summed E-state index contributed by atoms with van der Waals surface area (Å²) in [5.74, 6) is 0.576. The highest BCUT2D eigenvalue weighted by molar-refractivity contribution is 8.02. The van der Waals surface area contributed by atoms with E-state index in [1.54, 1.807) is 0 Å². The Bertz CT molecular complexity index is 223. The Morgan fingerprint density at radius 3 is 2.58 bits per heavy atom. The van der Waals surface area contributed by atoms with E-state index in [1.807, 2.05) is 11.8 Å². The van der Waals surface area contributed by atoms with Crippen LogP contribution in [0.15, 0.2) is 35.3 Å². The zero-order chi connectivity index (χ0) is 8.97. The summed E-state index contributed by atoms with van der Waals surface area (Å²) >= 11 is 1.89. The van der Waals surface area contributed by atoms with E-state index in [0.29, 0.717) is 11.2 Å². The van der Waals surface area contributed by atoms with Crippen LogP contribution >= 0.6 is 11.8 Å². The van der Waals surface area contributed by atoms with Gasteiger partial charge in [-0.1, -0.05) is 36.8 Å². The summed E-state index contributed by atoms with van der Waals surface area (Å²) in [4.78, 5) is 0. The summed E-state index contributed by atoms with van der Waals surface area (Å²) < 4.78 is 0. The van der Waals surface area contributed by atoms with Crippen LogP contribution in [-0.2, 0) is 0 Å². The van der Waals surface area contributed by atoms with Crippen molar-refractivity contribution in [2.45, 2.75) is 26.0 Å². The van der Waals surface area contributed by atoms with Crippen molar-refractivity contribution in [2.24, 2.45) is 5.92 Å². The van der Waals surface area contributed by atoms with Crippen molar-refractivity contribution in [1.82, 2.24) is 0 Å². The Kier molecular flexibility index (Phi) is 3.67. The van der Waals surface area contributed by atoms with Crippen LogP contribution in [0.1, 0.15) is 20.8 Å². The summed E-state index contributed by atoms with van der Waals surface area (Å²) in [6.07, 6.45) is 8.74. The first-order valence-corrected chi connectivity index (χ1v) is 5.31. The first kappa shape index (κ1) is 9.66. The van der Waals surface area contributed by atoms with E-state index in [4.69, 9.17) is 0 Å². The first-order chi connectivity index (χ1) is 5.70. The van der Waals surface area contributed by atoms with Gasteiger partial charge in [0.2, 0.25) is 0 Å². The van der Waals surface area contributed by atoms with Gasteiger partial charge >= 0.3 is 0 Å². The topological polar surface area (TPSA) is 0 Å². The molecule has 1 heterocycles. The SMILES string of the molecule is C/C1=C/SC(C)/C=C\C=C/C1C. The molecule has 0 fully saturated rings. The van der Waals surface area contributed by atoms with Gasteiger partial charge < -0.3 is 0 Å². The number of rotatable bonds is 0. The van der Waals surface area contributed by atoms with E-state index in [2.05, 4.69) is 50.5 Å². The van der Waals surface area contributed by atoms with Crippen LogP contribution in [0.25, 0.3) is 0 Å². The molecule has 0 aliphatic carbocycles. The minimum Gasteiger partial charge on any atom is -0.127 e. The molecule has 0 radical (unpaired) electrons. The smallest absolute Gasteiger partial charge is 0.0243 e. The lowest BCUT2D eigenvalue weighted by atomic mass is 10.0. The Balaban J connectivity index is 2.76. The molecule has 2 atom stereocenters. The minimum absolute atomic E-state index is 0.576. The predicted molar refractivity (Wildman–Crippen MR) is 58.3 cm³/mol. The molecule has 0 aromatic carbocycles. The van der Waals surface area contributed by atoms with Crippen molar-refractivity contribution in [1.29, 1.82) is 0 Å². The molecule has 12 heavy (non-hydrogen) atoms. The summed E-state index contributed by atoms with van der Waals surface area (Å²) in [5.41, 5.74) is 1.45. The van der Waals surface area contributed by atoms with Crippen LogP contribution in [0, 0.1) is 5.92 Å². The van der Waals surface area contributed by atoms with E-state index in [-0.39, 0.29) is 0 Å². The summed E-state index contributed by atoms with van der Waals surface area (Å²) in [6.45, 7) is 6.64. The number of hydrogen-bond donors (Lipinski definition) is 0. The summed E-state index contributed by atoms with van der Waals surface area (Å²) in [6, 6.07) is 0. The lowest BCUT2D eigenvalue weighted by Gasteiger charge is -2.06. The van der Waals surface area contributed by atoms with Gasteiger partial charge in [0.1, 0.15) is 0 Å². The fraction of sp³-hybridized carbons (Fsp3) is 0.455. The van der Waals surface area contributed by atoms with Crippen molar-refractivity contribution in [2.75, 3.05) is 0 Å². The van der Waals surface area contributed by atoms with Gasteiger partial charge in [0.15, 0.2) is 0 Å². The molecule has 0 saturated carbocycles. The van der Waals surface area contributed by atoms with Crippen molar-refractivity contribution in [3.05, 3.63) is 35.3 Å². The second-order valence-corrected chi connectivity index (χ2v) is 4.51. The van der Waals surface area contributed by atoms with Gasteiger partial charge in [-0.3, -0.25) is 0 Å². The quantitative estimate of drug-likeness (QED) is 0.547. The molecular formula is C11H16S. The standard InChI is InChI=1S/C11H16S/c1-9-6-4-5-7-11(3)12-8-10(9)2/h4-9,11H,1-3H3/b6-4-,7-5-,10-8-. The highest BCUT2D eigenvalue weighted by Gasteiger charge is 2.02. The van der Waals surface area contributed by atoms with Gasteiger partial charge in [0, 0.05) is 5.25 Å². The number of allylic oxidation sites excluding steroid dienone is 4. The van der Waals surface area contributed by atoms with E-state index in [1.165, 1.54) is 5.57 Å². The Morgan fingerprint density at radius 1 is 1.17 bits per heavy atom. The largest absolute Gasteiger partial charge is 0.127 e. The van der Waals surface area contributed by atoms with E-state index in [9.17, 15) is 0 Å². The molecule has 1 aliphatic heterocycles. The molecule has 1 heteroatoms. The molecule has 1 aliphatic rings. The molecule has 0 nitrogen and oxygen atoms in total. The molecule has 0 aromatic rings. The second-order valence-electron chi connectivity index (χ2n) is 3.26. The molecule has 0 aromatic heterocycles. The first-order valence-electron chi connectivity index (χ1n) is 4.37. The van der Waals surface area contributed by atoms with Gasteiger partial charge in [0.05, 0.1) is 0 Å². The lowest BCUT2D eigenvalue weighted by Crippen LogP contribution is -1.90. The average molecular weight is 180 g/mol. The second kappa shape index (κ2) is 4.56. The maximum Gasteiger partial charge on any atom is 0.0243 e. The van der Waals surface area contributed by atoms with Crippen molar-refractivity contribution in [3.63, 3.8) is 0 Å². The third-order valence-electron chi connectivity index (χ3n) is 2.08. The van der Waals surface area contributed by atoms with Crippen LogP contribution < -0.4 is 0 Å². The van der Waals surface area contributed by atoms with Gasteiger partial charge in [-0.15, -0.1) is 11.8 Å². The third kappa shape index (κ3) is 2.90. The van der Waals surface area contributed by atoms with Gasteiger partial charge in [0.25, 0.3) is 0 Å². The highest BCUT2D eigenvalue weighted by atomic mass is 32.2. The number of hydrogen-bond acceptors (Lipinski definition) is 1. The number of thioether (sulfide) groups is 1. The molecule has 0 bridgehead atoms. The fourth-order valence-corrected chi connectivity index (χ4v) is 1.80. The van der Waals surface area contributed by atoms with Crippen molar-refractivity contribution in [3.8, 4) is 0 Å². The summed E-state index contributed by atoms with van der Waals surface area (Å²) in [7, 11) is 0. The molecular weight excluding hydrogens is 164 g/mol. The maximum atomic E-state index is 2.27. The van der Waals surface area contributed by atoms with Crippen LogP contribution in [-0.4, -0.2) is 5.25 Å². The average Bonchev–Trinajstić information content (AvgIpc) is 2.11. The zero-order valence-electron chi connectivity index (χ0n) is 7.95. The van der Waals surface area contributed by atoms with Gasteiger partial charge in [-0.2, -0.15) is 0 Å². The van der Waals surface area contributed by atoms with E-state index < -0.39 is 0 Å². The zero-order valence-corrected chi connectivity index (χ0v) is 8.77. The van der Waals surface area contributed by atoms with E-state index in [0.717, 1.165) is 0 Å². The molecule has 0 spiro atoms. The van der Waals surface area contributed by atoms with Crippen molar-refractivity contribution < 1.29 is 0 Å². The van der Waals surface area contributed by atoms with E-state index >= 15 is 0 Å². The molecule has 0 N–H and O–H groups in total. The Labute approximate surface area is 79.4 Å². The molecule has 0 saturated heterocycles. The van der Waals surface area contributed by atoms with Crippen LogP contribution in [0.2, 0.25) is 0 Å². The van der Waals surface area contributed by atoms with Gasteiger partial charge in [-0.25, -0.2) is 0 Å². The molecule has 1 rings (SSSR count). The maximum absolute atomic E-state index is 2.27. The van der Waals surface area contributed by atoms with Crippen molar-refractivity contribution >= 4 is 11.8 Å². The van der Waals surface area contributed by atoms with Crippen LogP contribution in [0.4, 0.5) is 0 Å². The van der Waals surface area contributed by atoms with Crippen LogP contribution in [0.3, 0.4) is 0 Å². The Morgan fingerprint density at radius 2 is 1.83 bits per heavy atom. The molecule has 0 amide bonds. The summed E-state index contributed by atoms with van der Waals surface area (Å²) in [5, 5.41) is 2.87. The fourth-order valence-electron chi connectivity index (χ4n) is 0.971. The monoisotopic (exact) mass is 180 g/mol. The molecule has 66 valence electrons. The van der Waals surface area contributed by atoms with Crippen LogP contribution in [0.5, 0.6) is 0 Å². The lowest BCUT2D eigenvalue weighted by molar-refractivity contribution is 0.866. The molecule has 2 unspecified atom stereocenters. The predicted octanol–water partition coefficient (Wildman–Crippen LogP) is 3.77. The third-order valence-corrected chi connectivity index (χ3v) is 3.17. The Hall–Kier alpha value is -0.430. The van der Waals surface area contributed by atoms with Gasteiger partial charge in [-0.05, 0) is 25.2 Å². The normalized spacial score (nSPS) is 40.1.